The highest BCUT2D eigenvalue weighted by Gasteiger charge is 2.14. The van der Waals surface area contributed by atoms with E-state index in [0.717, 1.165) is 6.08 Å². The van der Waals surface area contributed by atoms with Gasteiger partial charge in [0.15, 0.2) is 0 Å². The van der Waals surface area contributed by atoms with Crippen LogP contribution in [0.4, 0.5) is 4.39 Å². The van der Waals surface area contributed by atoms with Gasteiger partial charge in [0.05, 0.1) is 0 Å². The number of allylic oxidation sites excluding steroid dienone is 3. The van der Waals surface area contributed by atoms with E-state index in [1.807, 2.05) is 0 Å². The van der Waals surface area contributed by atoms with Gasteiger partial charge in [0.25, 0.3) is 0 Å². The molecule has 0 bridgehead atoms. The van der Waals surface area contributed by atoms with Crippen LogP contribution in [0.15, 0.2) is 36.5 Å². The molecule has 0 amide bonds. The van der Waals surface area contributed by atoms with Crippen LogP contribution in [-0.2, 0) is 4.79 Å². The molecule has 3 heteroatoms. The fraction of sp³-hybridized carbons (Fsp3) is 0.300. The number of carboxylic acids is 1. The standard InChI is InChI=1S/C10H13FO2/c1-4-6-8(9(11)5-2)7(3)10(12)13/h4-5,9H,1-2,6H2,3H3,(H,12,13). The maximum Gasteiger partial charge on any atom is 0.331 e. The van der Waals surface area contributed by atoms with Gasteiger partial charge in [0.2, 0.25) is 0 Å². The number of rotatable bonds is 5. The Morgan fingerprint density at radius 1 is 1.62 bits per heavy atom. The summed E-state index contributed by atoms with van der Waals surface area (Å²) in [4.78, 5) is 10.5. The number of hydrogen-bond acceptors (Lipinski definition) is 1. The highest BCUT2D eigenvalue weighted by molar-refractivity contribution is 5.87. The second-order valence-electron chi connectivity index (χ2n) is 2.59. The Bertz CT molecular complexity index is 254. The monoisotopic (exact) mass is 184 g/mol. The van der Waals surface area contributed by atoms with Gasteiger partial charge in [0, 0.05) is 5.57 Å². The Labute approximate surface area is 77.1 Å². The van der Waals surface area contributed by atoms with Crippen LogP contribution in [-0.4, -0.2) is 17.2 Å². The lowest BCUT2D eigenvalue weighted by atomic mass is 10.0. The molecule has 2 nitrogen and oxygen atoms in total. The zero-order valence-electron chi connectivity index (χ0n) is 7.59. The van der Waals surface area contributed by atoms with E-state index in [1.54, 1.807) is 0 Å². The first-order valence-corrected chi connectivity index (χ1v) is 3.85. The molecule has 0 aromatic carbocycles. The minimum atomic E-state index is -1.41. The lowest BCUT2D eigenvalue weighted by Gasteiger charge is -2.08. The molecule has 0 spiro atoms. The summed E-state index contributed by atoms with van der Waals surface area (Å²) in [6, 6.07) is 0. The molecular weight excluding hydrogens is 171 g/mol. The molecule has 0 radical (unpaired) electrons. The minimum absolute atomic E-state index is 0.0206. The Hall–Kier alpha value is -1.38. The quantitative estimate of drug-likeness (QED) is 0.526. The third-order valence-corrected chi connectivity index (χ3v) is 1.71. The van der Waals surface area contributed by atoms with Crippen LogP contribution in [0.1, 0.15) is 13.3 Å². The zero-order chi connectivity index (χ0) is 10.4. The van der Waals surface area contributed by atoms with Gasteiger partial charge in [-0.05, 0) is 18.9 Å². The van der Waals surface area contributed by atoms with Crippen LogP contribution >= 0.6 is 0 Å². The summed E-state index contributed by atoms with van der Waals surface area (Å²) >= 11 is 0. The van der Waals surface area contributed by atoms with Crippen LogP contribution < -0.4 is 0 Å². The molecule has 0 aliphatic carbocycles. The van der Waals surface area contributed by atoms with Crippen LogP contribution in [0.3, 0.4) is 0 Å². The minimum Gasteiger partial charge on any atom is -0.478 e. The van der Waals surface area contributed by atoms with Gasteiger partial charge in [-0.15, -0.1) is 6.58 Å². The molecule has 1 unspecified atom stereocenters. The average Bonchev–Trinajstić information content (AvgIpc) is 2.11. The molecule has 0 aliphatic heterocycles. The van der Waals surface area contributed by atoms with E-state index < -0.39 is 12.1 Å². The summed E-state index contributed by atoms with van der Waals surface area (Å²) in [6.45, 7) is 8.07. The highest BCUT2D eigenvalue weighted by Crippen LogP contribution is 2.17. The number of halogens is 1. The van der Waals surface area contributed by atoms with Crippen molar-refractivity contribution in [2.45, 2.75) is 19.5 Å². The van der Waals surface area contributed by atoms with E-state index in [2.05, 4.69) is 13.2 Å². The van der Waals surface area contributed by atoms with Gasteiger partial charge in [-0.3, -0.25) is 0 Å². The molecule has 72 valence electrons. The SMILES string of the molecule is C=CCC(=C(C)C(=O)O)C(F)C=C. The zero-order valence-corrected chi connectivity index (χ0v) is 7.59. The molecule has 1 atom stereocenters. The topological polar surface area (TPSA) is 37.3 Å². The molecule has 0 saturated carbocycles. The van der Waals surface area contributed by atoms with Gasteiger partial charge in [-0.25, -0.2) is 9.18 Å². The number of carbonyl (C=O) groups is 1. The van der Waals surface area contributed by atoms with Crippen molar-refractivity contribution in [2.75, 3.05) is 0 Å². The van der Waals surface area contributed by atoms with E-state index in [1.165, 1.54) is 13.0 Å². The van der Waals surface area contributed by atoms with Gasteiger partial charge in [0.1, 0.15) is 6.17 Å². The van der Waals surface area contributed by atoms with Gasteiger partial charge >= 0.3 is 5.97 Å². The molecule has 0 saturated heterocycles. The van der Waals surface area contributed by atoms with E-state index >= 15 is 0 Å². The summed E-state index contributed by atoms with van der Waals surface area (Å²) in [5, 5.41) is 8.63. The molecular formula is C10H13FO2. The molecule has 0 aromatic heterocycles. The summed E-state index contributed by atoms with van der Waals surface area (Å²) in [7, 11) is 0. The molecule has 0 fully saturated rings. The predicted molar refractivity (Wildman–Crippen MR) is 50.2 cm³/mol. The van der Waals surface area contributed by atoms with Crippen molar-refractivity contribution in [1.29, 1.82) is 0 Å². The Balaban J connectivity index is 4.96. The fourth-order valence-electron chi connectivity index (χ4n) is 0.908. The molecule has 0 aliphatic rings. The first kappa shape index (κ1) is 11.6. The van der Waals surface area contributed by atoms with Crippen molar-refractivity contribution in [2.24, 2.45) is 0 Å². The van der Waals surface area contributed by atoms with E-state index in [4.69, 9.17) is 5.11 Å². The Kier molecular flexibility index (Phi) is 4.74. The summed E-state index contributed by atoms with van der Waals surface area (Å²) < 4.78 is 13.1. The van der Waals surface area contributed by atoms with Crippen molar-refractivity contribution in [3.63, 3.8) is 0 Å². The average molecular weight is 184 g/mol. The third kappa shape index (κ3) is 3.23. The Morgan fingerprint density at radius 2 is 2.15 bits per heavy atom. The number of carboxylic acid groups (broad SMARTS) is 1. The number of alkyl halides is 1. The first-order chi connectivity index (χ1) is 6.04. The van der Waals surface area contributed by atoms with Crippen molar-refractivity contribution in [3.05, 3.63) is 36.5 Å². The van der Waals surface area contributed by atoms with Gasteiger partial charge in [-0.2, -0.15) is 0 Å². The second-order valence-corrected chi connectivity index (χ2v) is 2.59. The fourth-order valence-corrected chi connectivity index (χ4v) is 0.908. The summed E-state index contributed by atoms with van der Waals surface area (Å²) in [5.41, 5.74) is 0.227. The van der Waals surface area contributed by atoms with Crippen molar-refractivity contribution < 1.29 is 14.3 Å². The van der Waals surface area contributed by atoms with Crippen LogP contribution in [0.25, 0.3) is 0 Å². The van der Waals surface area contributed by atoms with Crippen LogP contribution in [0.2, 0.25) is 0 Å². The van der Waals surface area contributed by atoms with Crippen molar-refractivity contribution in [3.8, 4) is 0 Å². The molecule has 0 heterocycles. The molecule has 1 N–H and O–H groups in total. The van der Waals surface area contributed by atoms with E-state index in [-0.39, 0.29) is 17.6 Å². The molecule has 0 aromatic rings. The van der Waals surface area contributed by atoms with Gasteiger partial charge < -0.3 is 5.11 Å². The first-order valence-electron chi connectivity index (χ1n) is 3.85. The second kappa shape index (κ2) is 5.30. The van der Waals surface area contributed by atoms with Gasteiger partial charge in [-0.1, -0.05) is 18.7 Å². The Morgan fingerprint density at radius 3 is 2.46 bits per heavy atom. The highest BCUT2D eigenvalue weighted by atomic mass is 19.1. The van der Waals surface area contributed by atoms with Crippen LogP contribution in [0.5, 0.6) is 0 Å². The van der Waals surface area contributed by atoms with E-state index in [9.17, 15) is 9.18 Å². The number of hydrogen-bond donors (Lipinski definition) is 1. The molecule has 0 rings (SSSR count). The maximum absolute atomic E-state index is 13.1. The van der Waals surface area contributed by atoms with Crippen LogP contribution in [0, 0.1) is 0 Å². The smallest absolute Gasteiger partial charge is 0.331 e. The maximum atomic E-state index is 13.1. The van der Waals surface area contributed by atoms with E-state index in [0.29, 0.717) is 0 Å². The lowest BCUT2D eigenvalue weighted by molar-refractivity contribution is -0.132. The predicted octanol–water partition coefficient (Wildman–Crippen LogP) is 2.49. The third-order valence-electron chi connectivity index (χ3n) is 1.71. The summed E-state index contributed by atoms with van der Waals surface area (Å²) in [5.74, 6) is -1.11. The van der Waals surface area contributed by atoms with Crippen molar-refractivity contribution in [1.82, 2.24) is 0 Å². The largest absolute Gasteiger partial charge is 0.478 e. The lowest BCUT2D eigenvalue weighted by Crippen LogP contribution is -2.08. The molecule has 13 heavy (non-hydrogen) atoms. The normalized spacial score (nSPS) is 14.3. The van der Waals surface area contributed by atoms with Crippen molar-refractivity contribution >= 4 is 5.97 Å². The number of aliphatic carboxylic acids is 1. The summed E-state index contributed by atoms with van der Waals surface area (Å²) in [6.07, 6.45) is 1.36.